The summed E-state index contributed by atoms with van der Waals surface area (Å²) in [5.74, 6) is 1.71. The molecule has 0 saturated carbocycles. The van der Waals surface area contributed by atoms with E-state index in [1.54, 1.807) is 0 Å². The van der Waals surface area contributed by atoms with Crippen molar-refractivity contribution in [3.8, 4) is 51.0 Å². The summed E-state index contributed by atoms with van der Waals surface area (Å²) in [6, 6.07) is 62.5. The number of nitrogens with zero attached hydrogens (tertiary/aromatic N) is 4. The summed E-state index contributed by atoms with van der Waals surface area (Å²) >= 11 is 0. The average Bonchev–Trinajstić information content (AvgIpc) is 3.97. The molecule has 4 aromatic heterocycles. The minimum Gasteiger partial charge on any atom is -0.456 e. The topological polar surface area (TPSA) is 69.9 Å². The van der Waals surface area contributed by atoms with Crippen LogP contribution in [0, 0.1) is 0 Å². The van der Waals surface area contributed by atoms with Crippen molar-refractivity contribution < 1.29 is 8.83 Å². The molecule has 6 heteroatoms. The van der Waals surface area contributed by atoms with Crippen LogP contribution < -0.4 is 0 Å². The SMILES string of the molecule is c1ccc(-c2cccc(-c3nc(-c4ccccc4)nc(-c4ccc(-n5c6ccccc6c6ccc7oc8ccccc8c7c65)c5c4oc4ccccc45)n3)c2)cc1. The maximum atomic E-state index is 6.88. The van der Waals surface area contributed by atoms with Gasteiger partial charge in [0.15, 0.2) is 17.5 Å². The molecule has 0 aliphatic rings. The quantitative estimate of drug-likeness (QED) is 0.176. The predicted octanol–water partition coefficient (Wildman–Crippen LogP) is 13.4. The molecule has 0 amide bonds. The van der Waals surface area contributed by atoms with Crippen LogP contribution in [0.2, 0.25) is 0 Å². The molecule has 0 aliphatic carbocycles. The highest BCUT2D eigenvalue weighted by molar-refractivity contribution is 6.25. The molecule has 0 radical (unpaired) electrons. The number of aromatic nitrogens is 4. The normalized spacial score (nSPS) is 11.9. The molecule has 57 heavy (non-hydrogen) atoms. The summed E-state index contributed by atoms with van der Waals surface area (Å²) in [6.45, 7) is 0. The Hall–Kier alpha value is -7.83. The number of fused-ring (bicyclic) bond motifs is 10. The van der Waals surface area contributed by atoms with Crippen LogP contribution in [-0.2, 0) is 0 Å². The summed E-state index contributed by atoms with van der Waals surface area (Å²) in [7, 11) is 0. The maximum Gasteiger partial charge on any atom is 0.167 e. The van der Waals surface area contributed by atoms with Gasteiger partial charge in [0, 0.05) is 32.7 Å². The van der Waals surface area contributed by atoms with Crippen LogP contribution in [0.1, 0.15) is 0 Å². The summed E-state index contributed by atoms with van der Waals surface area (Å²) in [6.07, 6.45) is 0. The first-order valence-corrected chi connectivity index (χ1v) is 19.0. The molecular formula is C51H30N4O2. The Morgan fingerprint density at radius 3 is 1.75 bits per heavy atom. The van der Waals surface area contributed by atoms with Gasteiger partial charge >= 0.3 is 0 Å². The molecule has 0 atom stereocenters. The van der Waals surface area contributed by atoms with E-state index in [1.165, 1.54) is 0 Å². The Balaban J connectivity index is 1.15. The van der Waals surface area contributed by atoms with Crippen LogP contribution in [0.15, 0.2) is 191 Å². The van der Waals surface area contributed by atoms with Crippen LogP contribution in [0.25, 0.3) is 117 Å². The van der Waals surface area contributed by atoms with Crippen LogP contribution in [0.3, 0.4) is 0 Å². The fourth-order valence-electron chi connectivity index (χ4n) is 8.50. The summed E-state index contributed by atoms with van der Waals surface area (Å²) < 4.78 is 15.7. The van der Waals surface area contributed by atoms with Gasteiger partial charge in [-0.1, -0.05) is 133 Å². The Kier molecular flexibility index (Phi) is 6.83. The minimum atomic E-state index is 0.532. The van der Waals surface area contributed by atoms with Gasteiger partial charge in [-0.15, -0.1) is 0 Å². The van der Waals surface area contributed by atoms with Gasteiger partial charge in [-0.05, 0) is 59.7 Å². The Morgan fingerprint density at radius 1 is 0.368 bits per heavy atom. The highest BCUT2D eigenvalue weighted by Crippen LogP contribution is 2.45. The van der Waals surface area contributed by atoms with E-state index >= 15 is 0 Å². The molecule has 0 spiro atoms. The second kappa shape index (κ2) is 12.3. The lowest BCUT2D eigenvalue weighted by molar-refractivity contribution is 0.669. The van der Waals surface area contributed by atoms with Gasteiger partial charge in [0.2, 0.25) is 0 Å². The van der Waals surface area contributed by atoms with Crippen LogP contribution in [0.5, 0.6) is 0 Å². The second-order valence-electron chi connectivity index (χ2n) is 14.3. The molecule has 4 heterocycles. The lowest BCUT2D eigenvalue weighted by Crippen LogP contribution is -2.01. The van der Waals surface area contributed by atoms with E-state index in [4.69, 9.17) is 23.8 Å². The van der Waals surface area contributed by atoms with Crippen LogP contribution in [0.4, 0.5) is 0 Å². The molecule has 12 rings (SSSR count). The summed E-state index contributed by atoms with van der Waals surface area (Å²) in [5.41, 5.74) is 11.2. The third-order valence-corrected chi connectivity index (χ3v) is 11.1. The third-order valence-electron chi connectivity index (χ3n) is 11.1. The number of hydrogen-bond donors (Lipinski definition) is 0. The van der Waals surface area contributed by atoms with Crippen LogP contribution >= 0.6 is 0 Å². The zero-order chi connectivity index (χ0) is 37.5. The molecule has 0 N–H and O–H groups in total. The van der Waals surface area contributed by atoms with Crippen molar-refractivity contribution in [2.45, 2.75) is 0 Å². The Bertz CT molecular complexity index is 3530. The van der Waals surface area contributed by atoms with Crippen molar-refractivity contribution >= 4 is 65.7 Å². The smallest absolute Gasteiger partial charge is 0.167 e. The number of rotatable bonds is 5. The summed E-state index contributed by atoms with van der Waals surface area (Å²) in [4.78, 5) is 15.4. The monoisotopic (exact) mass is 730 g/mol. The van der Waals surface area contributed by atoms with E-state index in [-0.39, 0.29) is 0 Å². The fourth-order valence-corrected chi connectivity index (χ4v) is 8.50. The number of benzene rings is 8. The van der Waals surface area contributed by atoms with Crippen LogP contribution in [-0.4, -0.2) is 19.5 Å². The average molecular weight is 731 g/mol. The first-order chi connectivity index (χ1) is 28.3. The highest BCUT2D eigenvalue weighted by atomic mass is 16.3. The Morgan fingerprint density at radius 2 is 0.965 bits per heavy atom. The number of furan rings is 2. The van der Waals surface area contributed by atoms with Crippen molar-refractivity contribution in [3.63, 3.8) is 0 Å². The van der Waals surface area contributed by atoms with E-state index in [2.05, 4.69) is 126 Å². The number of para-hydroxylation sites is 3. The van der Waals surface area contributed by atoms with E-state index < -0.39 is 0 Å². The van der Waals surface area contributed by atoms with Gasteiger partial charge in [-0.25, -0.2) is 15.0 Å². The van der Waals surface area contributed by atoms with Gasteiger partial charge in [-0.3, -0.25) is 0 Å². The first kappa shape index (κ1) is 31.5. The molecule has 0 unspecified atom stereocenters. The zero-order valence-electron chi connectivity index (χ0n) is 30.4. The molecule has 12 aromatic rings. The van der Waals surface area contributed by atoms with Crippen molar-refractivity contribution in [1.29, 1.82) is 0 Å². The van der Waals surface area contributed by atoms with E-state index in [0.29, 0.717) is 23.1 Å². The fraction of sp³-hybridized carbons (Fsp3) is 0. The van der Waals surface area contributed by atoms with Crippen molar-refractivity contribution in [2.75, 3.05) is 0 Å². The molecule has 8 aromatic carbocycles. The standard InChI is InChI=1S/C51H30N4O2/c1-3-14-31(15-4-1)33-18-13-19-34(30-33)50-52-49(32-16-5-2-6-17-32)53-51(54-50)39-26-28-41(45-37-21-8-12-25-43(37)57-48(39)45)55-40-23-10-7-20-35(40)36-27-29-44-46(47(36)55)38-22-9-11-24-42(38)56-44/h1-30H. The van der Waals surface area contributed by atoms with Gasteiger partial charge in [0.05, 0.1) is 33.1 Å². The maximum absolute atomic E-state index is 6.88. The van der Waals surface area contributed by atoms with Gasteiger partial charge in [0.1, 0.15) is 22.3 Å². The molecule has 0 saturated heterocycles. The van der Waals surface area contributed by atoms with Crippen molar-refractivity contribution in [1.82, 2.24) is 19.5 Å². The van der Waals surface area contributed by atoms with E-state index in [0.717, 1.165) is 93.6 Å². The van der Waals surface area contributed by atoms with E-state index in [9.17, 15) is 0 Å². The molecule has 0 fully saturated rings. The number of hydrogen-bond acceptors (Lipinski definition) is 5. The second-order valence-corrected chi connectivity index (χ2v) is 14.3. The lowest BCUT2D eigenvalue weighted by atomic mass is 10.0. The Labute approximate surface area is 325 Å². The minimum absolute atomic E-state index is 0.532. The molecule has 0 bridgehead atoms. The molecular weight excluding hydrogens is 701 g/mol. The highest BCUT2D eigenvalue weighted by Gasteiger charge is 2.25. The van der Waals surface area contributed by atoms with Gasteiger partial charge in [-0.2, -0.15) is 0 Å². The summed E-state index contributed by atoms with van der Waals surface area (Å²) in [5, 5.41) is 6.46. The zero-order valence-corrected chi connectivity index (χ0v) is 30.4. The third kappa shape index (κ3) is 4.87. The predicted molar refractivity (Wildman–Crippen MR) is 230 cm³/mol. The molecule has 266 valence electrons. The molecule has 6 nitrogen and oxygen atoms in total. The first-order valence-electron chi connectivity index (χ1n) is 19.0. The van der Waals surface area contributed by atoms with Crippen molar-refractivity contribution in [2.24, 2.45) is 0 Å². The lowest BCUT2D eigenvalue weighted by Gasteiger charge is -2.13. The van der Waals surface area contributed by atoms with Crippen molar-refractivity contribution in [3.05, 3.63) is 182 Å². The van der Waals surface area contributed by atoms with Gasteiger partial charge in [0.25, 0.3) is 0 Å². The molecule has 0 aliphatic heterocycles. The largest absolute Gasteiger partial charge is 0.456 e. The van der Waals surface area contributed by atoms with Gasteiger partial charge < -0.3 is 13.4 Å². The van der Waals surface area contributed by atoms with E-state index in [1.807, 2.05) is 60.7 Å².